The molecular formula is C24H28ClN3O2. The van der Waals surface area contributed by atoms with E-state index in [1.165, 1.54) is 10.1 Å². The van der Waals surface area contributed by atoms with E-state index in [9.17, 15) is 9.59 Å². The van der Waals surface area contributed by atoms with Crippen LogP contribution in [-0.2, 0) is 20.0 Å². The van der Waals surface area contributed by atoms with Crippen LogP contribution in [0.1, 0.15) is 39.9 Å². The largest absolute Gasteiger partial charge is 0.341 e. The highest BCUT2D eigenvalue weighted by Crippen LogP contribution is 2.25. The minimum Gasteiger partial charge on any atom is -0.341 e. The molecule has 0 spiro atoms. The number of carbonyl (C=O) groups is 1. The Bertz CT molecular complexity index is 1040. The first-order valence-electron chi connectivity index (χ1n) is 10.5. The maximum Gasteiger partial charge on any atom is 0.255 e. The van der Waals surface area contributed by atoms with E-state index in [0.717, 1.165) is 55.2 Å². The molecule has 0 radical (unpaired) electrons. The monoisotopic (exact) mass is 425 g/mol. The van der Waals surface area contributed by atoms with Crippen LogP contribution >= 0.6 is 11.6 Å². The molecule has 1 amide bonds. The summed E-state index contributed by atoms with van der Waals surface area (Å²) < 4.78 is 1.53. The average molecular weight is 426 g/mol. The van der Waals surface area contributed by atoms with E-state index >= 15 is 0 Å². The van der Waals surface area contributed by atoms with Crippen LogP contribution in [0.3, 0.4) is 0 Å². The van der Waals surface area contributed by atoms with Crippen molar-refractivity contribution in [3.63, 3.8) is 0 Å². The fourth-order valence-electron chi connectivity index (χ4n) is 4.54. The van der Waals surface area contributed by atoms with Crippen molar-refractivity contribution in [1.29, 1.82) is 0 Å². The SMILES string of the molecule is CN(CC1CCN(Cc2ccccc2Cl)CC1)C(=O)c1cn(C)c(=O)c2c1C=CC2. The summed E-state index contributed by atoms with van der Waals surface area (Å²) in [5.74, 6) is 0.476. The predicted molar refractivity (Wildman–Crippen MR) is 121 cm³/mol. The van der Waals surface area contributed by atoms with Gasteiger partial charge in [0.1, 0.15) is 0 Å². The van der Waals surface area contributed by atoms with Crippen molar-refractivity contribution in [2.45, 2.75) is 25.8 Å². The normalized spacial score (nSPS) is 16.6. The number of hydrogen-bond donors (Lipinski definition) is 0. The summed E-state index contributed by atoms with van der Waals surface area (Å²) in [5, 5.41) is 0.823. The van der Waals surface area contributed by atoms with Crippen molar-refractivity contribution in [3.05, 3.63) is 74.2 Å². The summed E-state index contributed by atoms with van der Waals surface area (Å²) in [6.45, 7) is 3.63. The highest BCUT2D eigenvalue weighted by molar-refractivity contribution is 6.31. The molecule has 5 nitrogen and oxygen atoms in total. The highest BCUT2D eigenvalue weighted by Gasteiger charge is 2.26. The molecule has 1 aliphatic heterocycles. The number of benzene rings is 1. The Balaban J connectivity index is 1.36. The number of hydrogen-bond acceptors (Lipinski definition) is 3. The number of carbonyl (C=O) groups excluding carboxylic acids is 1. The standard InChI is InChI=1S/C24H28ClN3O2/c1-26(24(30)21-16-27(2)23(29)20-8-5-7-19(20)21)14-17-10-12-28(13-11-17)15-18-6-3-4-9-22(18)25/h3-7,9,16-17H,8,10-15H2,1-2H3. The Morgan fingerprint density at radius 2 is 1.97 bits per heavy atom. The van der Waals surface area contributed by atoms with Gasteiger partial charge in [-0.25, -0.2) is 0 Å². The van der Waals surface area contributed by atoms with Crippen LogP contribution < -0.4 is 5.56 Å². The molecule has 1 aromatic heterocycles. The van der Waals surface area contributed by atoms with E-state index in [0.29, 0.717) is 17.9 Å². The number of amides is 1. The second kappa shape index (κ2) is 8.78. The molecule has 2 aliphatic rings. The number of allylic oxidation sites excluding steroid dienone is 1. The zero-order valence-electron chi connectivity index (χ0n) is 17.6. The smallest absolute Gasteiger partial charge is 0.255 e. The minimum atomic E-state index is -0.0138. The summed E-state index contributed by atoms with van der Waals surface area (Å²) in [7, 11) is 3.58. The number of nitrogens with zero attached hydrogens (tertiary/aromatic N) is 3. The molecule has 1 saturated heterocycles. The van der Waals surface area contributed by atoms with Gasteiger partial charge in [-0.1, -0.05) is 42.0 Å². The van der Waals surface area contributed by atoms with Gasteiger partial charge in [0.2, 0.25) is 0 Å². The lowest BCUT2D eigenvalue weighted by atomic mass is 9.95. The third kappa shape index (κ3) is 4.23. The van der Waals surface area contributed by atoms with Crippen molar-refractivity contribution in [2.75, 3.05) is 26.7 Å². The molecular weight excluding hydrogens is 398 g/mol. The van der Waals surface area contributed by atoms with Gasteiger partial charge in [-0.05, 0) is 55.5 Å². The third-order valence-electron chi connectivity index (χ3n) is 6.29. The number of halogens is 1. The molecule has 30 heavy (non-hydrogen) atoms. The van der Waals surface area contributed by atoms with Gasteiger partial charge in [-0.2, -0.15) is 0 Å². The molecule has 1 aliphatic carbocycles. The predicted octanol–water partition coefficient (Wildman–Crippen LogP) is 3.59. The second-order valence-corrected chi connectivity index (χ2v) is 8.86. The number of likely N-dealkylation sites (tertiary alicyclic amines) is 1. The van der Waals surface area contributed by atoms with Gasteiger partial charge in [0, 0.05) is 44.0 Å². The number of piperidine rings is 1. The first kappa shape index (κ1) is 20.9. The topological polar surface area (TPSA) is 45.5 Å². The van der Waals surface area contributed by atoms with Crippen molar-refractivity contribution in [3.8, 4) is 0 Å². The molecule has 2 heterocycles. The van der Waals surface area contributed by atoms with E-state index in [1.54, 1.807) is 13.2 Å². The highest BCUT2D eigenvalue weighted by atomic mass is 35.5. The number of rotatable bonds is 5. The van der Waals surface area contributed by atoms with Gasteiger partial charge in [-0.3, -0.25) is 14.5 Å². The summed E-state index contributed by atoms with van der Waals surface area (Å²) in [4.78, 5) is 29.7. The van der Waals surface area contributed by atoms with E-state index in [2.05, 4.69) is 11.0 Å². The Labute approximate surface area is 182 Å². The van der Waals surface area contributed by atoms with Crippen molar-refractivity contribution in [1.82, 2.24) is 14.4 Å². The first-order chi connectivity index (χ1) is 14.4. The number of aryl methyl sites for hydroxylation is 1. The average Bonchev–Trinajstić information content (AvgIpc) is 3.23. The minimum absolute atomic E-state index is 0.00750. The lowest BCUT2D eigenvalue weighted by molar-refractivity contribution is 0.0736. The lowest BCUT2D eigenvalue weighted by Crippen LogP contribution is -2.39. The van der Waals surface area contributed by atoms with Gasteiger partial charge < -0.3 is 9.47 Å². The molecule has 0 bridgehead atoms. The molecule has 0 atom stereocenters. The zero-order chi connectivity index (χ0) is 21.3. The van der Waals surface area contributed by atoms with Crippen LogP contribution in [0.2, 0.25) is 5.02 Å². The van der Waals surface area contributed by atoms with Gasteiger partial charge in [0.15, 0.2) is 0 Å². The first-order valence-corrected chi connectivity index (χ1v) is 10.9. The number of fused-ring (bicyclic) bond motifs is 1. The van der Waals surface area contributed by atoms with Crippen molar-refractivity contribution >= 4 is 23.6 Å². The zero-order valence-corrected chi connectivity index (χ0v) is 18.4. The van der Waals surface area contributed by atoms with Gasteiger partial charge >= 0.3 is 0 Å². The second-order valence-electron chi connectivity index (χ2n) is 8.45. The molecule has 1 aromatic carbocycles. The molecule has 158 valence electrons. The maximum atomic E-state index is 13.1. The van der Waals surface area contributed by atoms with Crippen molar-refractivity contribution in [2.24, 2.45) is 13.0 Å². The van der Waals surface area contributed by atoms with E-state index in [4.69, 9.17) is 11.6 Å². The Hall–Kier alpha value is -2.37. The molecule has 2 aromatic rings. The fourth-order valence-corrected chi connectivity index (χ4v) is 4.73. The van der Waals surface area contributed by atoms with Crippen LogP contribution in [0.15, 0.2) is 41.3 Å². The molecule has 0 saturated carbocycles. The van der Waals surface area contributed by atoms with Crippen LogP contribution in [0, 0.1) is 5.92 Å². The Kier molecular flexibility index (Phi) is 6.11. The van der Waals surface area contributed by atoms with Crippen LogP contribution in [0.5, 0.6) is 0 Å². The van der Waals surface area contributed by atoms with Gasteiger partial charge in [-0.15, -0.1) is 0 Å². The number of pyridine rings is 1. The van der Waals surface area contributed by atoms with Gasteiger partial charge in [0.05, 0.1) is 5.56 Å². The van der Waals surface area contributed by atoms with Crippen LogP contribution in [-0.4, -0.2) is 47.0 Å². The molecule has 4 rings (SSSR count). The summed E-state index contributed by atoms with van der Waals surface area (Å²) in [5.41, 5.74) is 3.30. The van der Waals surface area contributed by atoms with Crippen LogP contribution in [0.25, 0.3) is 6.08 Å². The van der Waals surface area contributed by atoms with Gasteiger partial charge in [0.25, 0.3) is 11.5 Å². The van der Waals surface area contributed by atoms with Crippen LogP contribution in [0.4, 0.5) is 0 Å². The lowest BCUT2D eigenvalue weighted by Gasteiger charge is -2.34. The third-order valence-corrected chi connectivity index (χ3v) is 6.66. The number of aromatic nitrogens is 1. The molecule has 0 unspecified atom stereocenters. The van der Waals surface area contributed by atoms with Crippen molar-refractivity contribution < 1.29 is 4.79 Å². The molecule has 6 heteroatoms. The van der Waals surface area contributed by atoms with E-state index in [-0.39, 0.29) is 11.5 Å². The van der Waals surface area contributed by atoms with E-state index < -0.39 is 0 Å². The fraction of sp³-hybridized carbons (Fsp3) is 0.417. The Morgan fingerprint density at radius 3 is 2.70 bits per heavy atom. The maximum absolute atomic E-state index is 13.1. The summed E-state index contributed by atoms with van der Waals surface area (Å²) >= 11 is 6.30. The molecule has 1 fully saturated rings. The summed E-state index contributed by atoms with van der Waals surface area (Å²) in [6, 6.07) is 8.01. The summed E-state index contributed by atoms with van der Waals surface area (Å²) in [6.07, 6.45) is 8.28. The Morgan fingerprint density at radius 1 is 1.23 bits per heavy atom. The van der Waals surface area contributed by atoms with E-state index in [1.807, 2.05) is 42.3 Å². The molecule has 0 N–H and O–H groups in total. The quantitative estimate of drug-likeness (QED) is 0.735.